The van der Waals surface area contributed by atoms with Gasteiger partial charge in [-0.05, 0) is 101 Å². The van der Waals surface area contributed by atoms with Gasteiger partial charge < -0.3 is 15.5 Å². The molecule has 1 amide bonds. The van der Waals surface area contributed by atoms with Crippen molar-refractivity contribution in [2.75, 3.05) is 40.3 Å². The van der Waals surface area contributed by atoms with Crippen LogP contribution in [0.5, 0.6) is 0 Å². The normalized spacial score (nSPS) is 23.5. The van der Waals surface area contributed by atoms with Gasteiger partial charge in [0.25, 0.3) is 5.91 Å². The summed E-state index contributed by atoms with van der Waals surface area (Å²) in [6, 6.07) is 5.93. The second kappa shape index (κ2) is 11.5. The second-order valence-electron chi connectivity index (χ2n) is 9.86. The third-order valence-corrected chi connectivity index (χ3v) is 7.37. The number of rotatable bonds is 11. The van der Waals surface area contributed by atoms with E-state index in [1.165, 1.54) is 56.9 Å². The predicted molar refractivity (Wildman–Crippen MR) is 126 cm³/mol. The number of amides is 1. The van der Waals surface area contributed by atoms with Gasteiger partial charge in [0, 0.05) is 6.54 Å². The highest BCUT2D eigenvalue weighted by Gasteiger charge is 2.39. The van der Waals surface area contributed by atoms with Gasteiger partial charge in [0.2, 0.25) is 0 Å². The zero-order valence-corrected chi connectivity index (χ0v) is 19.7. The van der Waals surface area contributed by atoms with E-state index in [9.17, 15) is 4.79 Å². The molecule has 2 fully saturated rings. The zero-order valence-electron chi connectivity index (χ0n) is 18.9. The quantitative estimate of drug-likeness (QED) is 0.487. The molecule has 0 aromatic heterocycles. The van der Waals surface area contributed by atoms with E-state index in [2.05, 4.69) is 35.7 Å². The van der Waals surface area contributed by atoms with Gasteiger partial charge in [-0.3, -0.25) is 4.79 Å². The van der Waals surface area contributed by atoms with Gasteiger partial charge in [0.1, 0.15) is 0 Å². The first-order valence-electron chi connectivity index (χ1n) is 11.9. The topological polar surface area (TPSA) is 44.4 Å². The fourth-order valence-electron chi connectivity index (χ4n) is 5.40. The van der Waals surface area contributed by atoms with Crippen molar-refractivity contribution in [3.8, 4) is 0 Å². The van der Waals surface area contributed by atoms with Crippen molar-refractivity contribution in [1.29, 1.82) is 0 Å². The molecule has 2 bridgehead atoms. The van der Waals surface area contributed by atoms with Crippen LogP contribution < -0.4 is 10.6 Å². The summed E-state index contributed by atoms with van der Waals surface area (Å²) in [5, 5.41) is 7.30. The third-order valence-electron chi connectivity index (χ3n) is 7.04. The van der Waals surface area contributed by atoms with Gasteiger partial charge in [-0.15, -0.1) is 0 Å². The van der Waals surface area contributed by atoms with Gasteiger partial charge in [-0.2, -0.15) is 0 Å². The number of aryl methyl sites for hydroxylation is 1. The molecule has 2 aliphatic rings. The molecular weight excluding hydrogens is 394 g/mol. The Morgan fingerprint density at radius 3 is 2.63 bits per heavy atom. The van der Waals surface area contributed by atoms with Crippen molar-refractivity contribution >= 4 is 17.5 Å². The van der Waals surface area contributed by atoms with Crippen molar-refractivity contribution in [3.63, 3.8) is 0 Å². The monoisotopic (exact) mass is 433 g/mol. The van der Waals surface area contributed by atoms with E-state index >= 15 is 0 Å². The van der Waals surface area contributed by atoms with Gasteiger partial charge in [0.05, 0.1) is 10.6 Å². The lowest BCUT2D eigenvalue weighted by atomic mass is 9.62. The predicted octanol–water partition coefficient (Wildman–Crippen LogP) is 4.90. The van der Waals surface area contributed by atoms with Crippen molar-refractivity contribution in [2.45, 2.75) is 64.2 Å². The highest BCUT2D eigenvalue weighted by Crippen LogP contribution is 2.48. The zero-order chi connectivity index (χ0) is 21.4. The number of fused-ring (bicyclic) bond motifs is 2. The first-order chi connectivity index (χ1) is 14.5. The molecule has 2 saturated carbocycles. The van der Waals surface area contributed by atoms with E-state index in [1.807, 2.05) is 12.1 Å². The van der Waals surface area contributed by atoms with Gasteiger partial charge in [-0.1, -0.05) is 43.4 Å². The molecule has 0 saturated heterocycles. The molecule has 1 aromatic rings. The van der Waals surface area contributed by atoms with Crippen LogP contribution in [0.2, 0.25) is 5.02 Å². The number of carbonyl (C=O) groups is 1. The van der Waals surface area contributed by atoms with E-state index < -0.39 is 0 Å². The molecule has 0 atom stereocenters. The Morgan fingerprint density at radius 1 is 1.17 bits per heavy atom. The van der Waals surface area contributed by atoms with Crippen LogP contribution in [0.3, 0.4) is 0 Å². The lowest BCUT2D eigenvalue weighted by Crippen LogP contribution is -2.43. The minimum Gasteiger partial charge on any atom is -0.351 e. The lowest BCUT2D eigenvalue weighted by molar-refractivity contribution is 0.0682. The van der Waals surface area contributed by atoms with E-state index in [-0.39, 0.29) is 5.91 Å². The Kier molecular flexibility index (Phi) is 9.03. The number of hydrogen-bond donors (Lipinski definition) is 2. The minimum absolute atomic E-state index is 0.00858. The summed E-state index contributed by atoms with van der Waals surface area (Å²) in [6.45, 7) is 3.97. The fourth-order valence-corrected chi connectivity index (χ4v) is 5.60. The molecule has 0 aliphatic heterocycles. The Balaban J connectivity index is 1.45. The minimum atomic E-state index is -0.00858. The number of nitrogens with zero attached hydrogens (tertiary/aromatic N) is 1. The average Bonchev–Trinajstić information content (AvgIpc) is 2.72. The van der Waals surface area contributed by atoms with E-state index in [0.717, 1.165) is 44.9 Å². The lowest BCUT2D eigenvalue weighted by Gasteiger charge is -2.45. The Morgan fingerprint density at radius 2 is 1.90 bits per heavy atom. The third kappa shape index (κ3) is 6.96. The summed E-state index contributed by atoms with van der Waals surface area (Å²) >= 11 is 6.38. The second-order valence-corrected chi connectivity index (χ2v) is 10.3. The molecule has 3 rings (SSSR count). The Bertz CT molecular complexity index is 681. The maximum Gasteiger partial charge on any atom is 0.252 e. The maximum absolute atomic E-state index is 12.9. The van der Waals surface area contributed by atoms with Gasteiger partial charge >= 0.3 is 0 Å². The molecular formula is C25H40ClN3O. The van der Waals surface area contributed by atoms with Crippen LogP contribution >= 0.6 is 11.6 Å². The smallest absolute Gasteiger partial charge is 0.252 e. The highest BCUT2D eigenvalue weighted by atomic mass is 35.5. The van der Waals surface area contributed by atoms with Gasteiger partial charge in [-0.25, -0.2) is 0 Å². The van der Waals surface area contributed by atoms with Crippen LogP contribution in [0.4, 0.5) is 0 Å². The molecule has 0 heterocycles. The number of halogens is 1. The Hall–Kier alpha value is -1.10. The van der Waals surface area contributed by atoms with Crippen LogP contribution in [0.25, 0.3) is 0 Å². The van der Waals surface area contributed by atoms with Crippen molar-refractivity contribution in [3.05, 3.63) is 34.3 Å². The van der Waals surface area contributed by atoms with Crippen LogP contribution in [0.1, 0.15) is 73.7 Å². The average molecular weight is 434 g/mol. The van der Waals surface area contributed by atoms with Crippen molar-refractivity contribution < 1.29 is 4.79 Å². The number of carbonyl (C=O) groups excluding carboxylic acids is 1. The molecule has 0 unspecified atom stereocenters. The summed E-state index contributed by atoms with van der Waals surface area (Å²) in [7, 11) is 4.21. The summed E-state index contributed by atoms with van der Waals surface area (Å²) in [5.74, 6) is 0.874. The summed E-state index contributed by atoms with van der Waals surface area (Å²) < 4.78 is 0. The Labute approximate surface area is 188 Å². The molecule has 2 aliphatic carbocycles. The number of nitrogens with one attached hydrogen (secondary N) is 2. The van der Waals surface area contributed by atoms with Crippen LogP contribution in [-0.4, -0.2) is 51.1 Å². The molecule has 4 nitrogen and oxygen atoms in total. The fraction of sp³-hybridized carbons (Fsp3) is 0.720. The number of benzene rings is 1. The van der Waals surface area contributed by atoms with Gasteiger partial charge in [0.15, 0.2) is 0 Å². The number of hydrogen-bond acceptors (Lipinski definition) is 3. The summed E-state index contributed by atoms with van der Waals surface area (Å²) in [6.07, 6.45) is 12.4. The highest BCUT2D eigenvalue weighted by molar-refractivity contribution is 6.33. The summed E-state index contributed by atoms with van der Waals surface area (Å²) in [4.78, 5) is 15.1. The molecule has 0 radical (unpaired) electrons. The molecule has 0 spiro atoms. The van der Waals surface area contributed by atoms with Crippen molar-refractivity contribution in [1.82, 2.24) is 15.5 Å². The molecule has 2 N–H and O–H groups in total. The van der Waals surface area contributed by atoms with Crippen LogP contribution in [0, 0.1) is 11.3 Å². The maximum atomic E-state index is 12.9. The molecule has 168 valence electrons. The SMILES string of the molecule is CN(C)CCCNCCCc1ccc(Cl)c(C(=O)NCC23CCCC(CCC2)C3)c1. The molecule has 1 aromatic carbocycles. The van der Waals surface area contributed by atoms with E-state index in [1.54, 1.807) is 0 Å². The van der Waals surface area contributed by atoms with Crippen LogP contribution in [-0.2, 0) is 6.42 Å². The van der Waals surface area contributed by atoms with E-state index in [0.29, 0.717) is 16.0 Å². The van der Waals surface area contributed by atoms with Crippen LogP contribution in [0.15, 0.2) is 18.2 Å². The van der Waals surface area contributed by atoms with Crippen molar-refractivity contribution in [2.24, 2.45) is 11.3 Å². The standard InChI is InChI=1S/C25H40ClN3O/c1-29(2)16-6-15-27-14-5-9-20-10-11-23(26)22(17-20)24(30)28-19-25-12-3-7-21(18-25)8-4-13-25/h10-11,17,21,27H,3-9,12-16,18-19H2,1-2H3,(H,28,30). The first kappa shape index (κ1) is 23.6. The van der Waals surface area contributed by atoms with E-state index in [4.69, 9.17) is 11.6 Å². The molecule has 30 heavy (non-hydrogen) atoms. The molecule has 5 heteroatoms. The first-order valence-corrected chi connectivity index (χ1v) is 12.3. The summed E-state index contributed by atoms with van der Waals surface area (Å²) in [5.41, 5.74) is 2.15. The largest absolute Gasteiger partial charge is 0.351 e.